The number of hydrogen-bond acceptors (Lipinski definition) is 2. The zero-order valence-corrected chi connectivity index (χ0v) is 15.5. The molecule has 0 bridgehead atoms. The summed E-state index contributed by atoms with van der Waals surface area (Å²) >= 11 is 0. The number of H-pyrrole nitrogens is 1. The zero-order valence-electron chi connectivity index (χ0n) is 15.5. The van der Waals surface area contributed by atoms with Gasteiger partial charge in [0.1, 0.15) is 0 Å². The minimum absolute atomic E-state index is 0.0530. The molecule has 4 nitrogen and oxygen atoms in total. The second-order valence-corrected chi connectivity index (χ2v) is 6.78. The Labute approximate surface area is 153 Å². The van der Waals surface area contributed by atoms with Crippen molar-refractivity contribution in [3.05, 3.63) is 70.9 Å². The van der Waals surface area contributed by atoms with Crippen molar-refractivity contribution in [1.82, 2.24) is 4.98 Å². The summed E-state index contributed by atoms with van der Waals surface area (Å²) in [6.07, 6.45) is 1.80. The van der Waals surface area contributed by atoms with E-state index in [0.717, 1.165) is 35.0 Å². The molecule has 2 aromatic carbocycles. The van der Waals surface area contributed by atoms with E-state index in [1.165, 1.54) is 11.1 Å². The molecule has 4 heteroatoms. The average Bonchev–Trinajstić information content (AvgIpc) is 2.97. The van der Waals surface area contributed by atoms with Gasteiger partial charge in [-0.25, -0.2) is 0 Å². The average molecular weight is 351 g/mol. The van der Waals surface area contributed by atoms with E-state index < -0.39 is 11.9 Å². The van der Waals surface area contributed by atoms with Crippen molar-refractivity contribution in [3.63, 3.8) is 0 Å². The Hall–Kier alpha value is -2.59. The number of ether oxygens (including phenoxy) is 1. The van der Waals surface area contributed by atoms with Gasteiger partial charge >= 0.3 is 5.97 Å². The van der Waals surface area contributed by atoms with Crippen molar-refractivity contribution in [2.45, 2.75) is 38.7 Å². The Morgan fingerprint density at radius 3 is 2.58 bits per heavy atom. The monoisotopic (exact) mass is 351 g/mol. The molecule has 0 saturated heterocycles. The van der Waals surface area contributed by atoms with Gasteiger partial charge in [0.25, 0.3) is 0 Å². The standard InChI is InChI=1S/C22H25NO3/c1-14(22(24)25)21-15(2)23-19-11-9-16(13-18(19)21)10-12-20(26-3)17-7-5-4-6-8-17/h4-9,11,13-14,20,23H,10,12H2,1-3H3,(H,24,25). The Kier molecular flexibility index (Phi) is 5.43. The summed E-state index contributed by atoms with van der Waals surface area (Å²) in [6.45, 7) is 3.67. The largest absolute Gasteiger partial charge is 0.481 e. The topological polar surface area (TPSA) is 62.3 Å². The summed E-state index contributed by atoms with van der Waals surface area (Å²) in [4.78, 5) is 14.8. The molecule has 0 spiro atoms. The van der Waals surface area contributed by atoms with Crippen LogP contribution in [0.4, 0.5) is 0 Å². The van der Waals surface area contributed by atoms with E-state index in [1.807, 2.05) is 31.2 Å². The molecule has 3 aromatic rings. The van der Waals surface area contributed by atoms with E-state index in [1.54, 1.807) is 14.0 Å². The molecule has 3 rings (SSSR count). The summed E-state index contributed by atoms with van der Waals surface area (Å²) < 4.78 is 5.66. The predicted octanol–water partition coefficient (Wildman–Crippen LogP) is 4.98. The summed E-state index contributed by atoms with van der Waals surface area (Å²) in [5.41, 5.74) is 5.15. The normalized spacial score (nSPS) is 13.7. The Morgan fingerprint density at radius 1 is 1.19 bits per heavy atom. The number of aromatic nitrogens is 1. The molecule has 26 heavy (non-hydrogen) atoms. The fraction of sp³-hybridized carbons (Fsp3) is 0.318. The highest BCUT2D eigenvalue weighted by atomic mass is 16.5. The highest BCUT2D eigenvalue weighted by Gasteiger charge is 2.21. The molecule has 0 aliphatic rings. The van der Waals surface area contributed by atoms with Gasteiger partial charge in [0.15, 0.2) is 0 Å². The van der Waals surface area contributed by atoms with Crippen LogP contribution in [-0.4, -0.2) is 23.2 Å². The van der Waals surface area contributed by atoms with Crippen molar-refractivity contribution < 1.29 is 14.6 Å². The first-order valence-electron chi connectivity index (χ1n) is 8.93. The number of aliphatic carboxylic acids is 1. The molecule has 1 aromatic heterocycles. The molecular formula is C22H25NO3. The number of carbonyl (C=O) groups is 1. The van der Waals surface area contributed by atoms with Crippen molar-refractivity contribution in [3.8, 4) is 0 Å². The number of fused-ring (bicyclic) bond motifs is 1. The van der Waals surface area contributed by atoms with Gasteiger partial charge in [-0.05, 0) is 55.5 Å². The highest BCUT2D eigenvalue weighted by molar-refractivity contribution is 5.90. The maximum absolute atomic E-state index is 11.5. The van der Waals surface area contributed by atoms with Gasteiger partial charge in [-0.3, -0.25) is 4.79 Å². The van der Waals surface area contributed by atoms with Gasteiger partial charge in [0.05, 0.1) is 12.0 Å². The number of hydrogen-bond donors (Lipinski definition) is 2. The van der Waals surface area contributed by atoms with E-state index in [0.29, 0.717) is 0 Å². The third kappa shape index (κ3) is 3.65. The summed E-state index contributed by atoms with van der Waals surface area (Å²) in [5.74, 6) is -1.34. The smallest absolute Gasteiger partial charge is 0.310 e. The number of carboxylic acid groups (broad SMARTS) is 1. The second kappa shape index (κ2) is 7.75. The molecule has 0 radical (unpaired) electrons. The molecule has 0 aliphatic carbocycles. The van der Waals surface area contributed by atoms with Crippen LogP contribution in [0.25, 0.3) is 10.9 Å². The molecule has 2 atom stereocenters. The first-order valence-corrected chi connectivity index (χ1v) is 8.93. The summed E-state index contributed by atoms with van der Waals surface area (Å²) in [7, 11) is 1.74. The van der Waals surface area contributed by atoms with Crippen molar-refractivity contribution >= 4 is 16.9 Å². The van der Waals surface area contributed by atoms with E-state index in [4.69, 9.17) is 4.74 Å². The molecular weight excluding hydrogens is 326 g/mol. The van der Waals surface area contributed by atoms with Crippen LogP contribution in [0.5, 0.6) is 0 Å². The van der Waals surface area contributed by atoms with Gasteiger partial charge in [0.2, 0.25) is 0 Å². The van der Waals surface area contributed by atoms with Crippen molar-refractivity contribution in [2.24, 2.45) is 0 Å². The van der Waals surface area contributed by atoms with Gasteiger partial charge in [-0.2, -0.15) is 0 Å². The number of rotatable bonds is 7. The fourth-order valence-corrected chi connectivity index (χ4v) is 3.62. The van der Waals surface area contributed by atoms with Crippen LogP contribution < -0.4 is 0 Å². The van der Waals surface area contributed by atoms with Crippen LogP contribution in [0.3, 0.4) is 0 Å². The van der Waals surface area contributed by atoms with Crippen LogP contribution in [-0.2, 0) is 16.0 Å². The van der Waals surface area contributed by atoms with E-state index in [-0.39, 0.29) is 6.10 Å². The van der Waals surface area contributed by atoms with Gasteiger partial charge in [-0.15, -0.1) is 0 Å². The van der Waals surface area contributed by atoms with E-state index in [9.17, 15) is 9.90 Å². The lowest BCUT2D eigenvalue weighted by Crippen LogP contribution is -2.08. The number of carboxylic acids is 1. The van der Waals surface area contributed by atoms with Gasteiger partial charge in [0, 0.05) is 23.7 Å². The second-order valence-electron chi connectivity index (χ2n) is 6.78. The Morgan fingerprint density at radius 2 is 1.92 bits per heavy atom. The maximum atomic E-state index is 11.5. The molecule has 136 valence electrons. The molecule has 2 unspecified atom stereocenters. The Balaban J connectivity index is 1.84. The van der Waals surface area contributed by atoms with Crippen LogP contribution in [0.2, 0.25) is 0 Å². The molecule has 1 heterocycles. The van der Waals surface area contributed by atoms with E-state index in [2.05, 4.69) is 29.2 Å². The van der Waals surface area contributed by atoms with Crippen LogP contribution in [0.1, 0.15) is 47.8 Å². The van der Waals surface area contributed by atoms with Crippen molar-refractivity contribution in [1.29, 1.82) is 0 Å². The van der Waals surface area contributed by atoms with Gasteiger partial charge in [-0.1, -0.05) is 36.4 Å². The number of aryl methyl sites for hydroxylation is 2. The number of nitrogens with one attached hydrogen (secondary N) is 1. The van der Waals surface area contributed by atoms with E-state index >= 15 is 0 Å². The quantitative estimate of drug-likeness (QED) is 0.631. The molecule has 0 fully saturated rings. The fourth-order valence-electron chi connectivity index (χ4n) is 3.62. The third-order valence-electron chi connectivity index (χ3n) is 5.05. The first-order chi connectivity index (χ1) is 12.5. The van der Waals surface area contributed by atoms with Crippen LogP contribution in [0, 0.1) is 6.92 Å². The van der Waals surface area contributed by atoms with Gasteiger partial charge < -0.3 is 14.8 Å². The van der Waals surface area contributed by atoms with Crippen LogP contribution >= 0.6 is 0 Å². The predicted molar refractivity (Wildman–Crippen MR) is 104 cm³/mol. The lowest BCUT2D eigenvalue weighted by molar-refractivity contribution is -0.138. The summed E-state index contributed by atoms with van der Waals surface area (Å²) in [5, 5.41) is 10.4. The Bertz CT molecular complexity index is 898. The first kappa shape index (κ1) is 18.2. The number of aromatic amines is 1. The molecule has 2 N–H and O–H groups in total. The lowest BCUT2D eigenvalue weighted by Gasteiger charge is -2.16. The minimum atomic E-state index is -0.803. The minimum Gasteiger partial charge on any atom is -0.481 e. The SMILES string of the molecule is COC(CCc1ccc2[nH]c(C)c(C(C)C(=O)O)c2c1)c1ccccc1. The summed E-state index contributed by atoms with van der Waals surface area (Å²) in [6, 6.07) is 16.5. The highest BCUT2D eigenvalue weighted by Crippen LogP contribution is 2.31. The zero-order chi connectivity index (χ0) is 18.7. The van der Waals surface area contributed by atoms with Crippen molar-refractivity contribution in [2.75, 3.05) is 7.11 Å². The third-order valence-corrected chi connectivity index (χ3v) is 5.05. The molecule has 0 aliphatic heterocycles. The lowest BCUT2D eigenvalue weighted by atomic mass is 9.95. The molecule has 0 amide bonds. The maximum Gasteiger partial charge on any atom is 0.310 e. The van der Waals surface area contributed by atoms with Crippen LogP contribution in [0.15, 0.2) is 48.5 Å². The molecule has 0 saturated carbocycles. The number of benzene rings is 2. The number of methoxy groups -OCH3 is 1.